The molecule has 1 aromatic heterocycles. The van der Waals surface area contributed by atoms with E-state index < -0.39 is 6.16 Å². The minimum Gasteiger partial charge on any atom is -0.496 e. The molecule has 0 amide bonds. The number of methoxy groups -OCH3 is 1. The molecule has 0 bridgehead atoms. The van der Waals surface area contributed by atoms with E-state index in [-0.39, 0.29) is 5.88 Å². The van der Waals surface area contributed by atoms with E-state index in [9.17, 15) is 4.79 Å². The average molecular weight is 219 g/mol. The molecule has 0 radical (unpaired) electrons. The second kappa shape index (κ2) is 4.06. The molecule has 0 aliphatic carbocycles. The Bertz CT molecular complexity index is 538. The minimum atomic E-state index is -1.40. The molecule has 0 saturated heterocycles. The summed E-state index contributed by atoms with van der Waals surface area (Å²) in [6.07, 6.45) is -1.40. The number of carboxylic acid groups (broad SMARTS) is 1. The van der Waals surface area contributed by atoms with E-state index in [1.54, 1.807) is 12.1 Å². The SMILES string of the molecule is COc1cc(OC(=O)O)nc2ccccc12. The van der Waals surface area contributed by atoms with Crippen LogP contribution in [0.1, 0.15) is 0 Å². The number of ether oxygens (including phenoxy) is 2. The average Bonchev–Trinajstić information content (AvgIpc) is 2.27. The van der Waals surface area contributed by atoms with Gasteiger partial charge in [-0.1, -0.05) is 12.1 Å². The topological polar surface area (TPSA) is 68.7 Å². The number of fused-ring (bicyclic) bond motifs is 1. The minimum absolute atomic E-state index is 0.00282. The Morgan fingerprint density at radius 1 is 1.38 bits per heavy atom. The quantitative estimate of drug-likeness (QED) is 0.785. The molecular weight excluding hydrogens is 210 g/mol. The predicted molar refractivity (Wildman–Crippen MR) is 56.9 cm³/mol. The molecule has 0 spiro atoms. The molecule has 2 aromatic rings. The lowest BCUT2D eigenvalue weighted by Gasteiger charge is -2.06. The van der Waals surface area contributed by atoms with Crippen LogP contribution in [0.2, 0.25) is 0 Å². The molecule has 0 unspecified atom stereocenters. The first-order valence-electron chi connectivity index (χ1n) is 4.55. The second-order valence-electron chi connectivity index (χ2n) is 3.05. The van der Waals surface area contributed by atoms with Crippen molar-refractivity contribution < 1.29 is 19.4 Å². The van der Waals surface area contributed by atoms with Gasteiger partial charge in [-0.05, 0) is 12.1 Å². The van der Waals surface area contributed by atoms with Gasteiger partial charge in [0, 0.05) is 11.5 Å². The zero-order chi connectivity index (χ0) is 11.5. The molecule has 16 heavy (non-hydrogen) atoms. The predicted octanol–water partition coefficient (Wildman–Crippen LogP) is 2.30. The van der Waals surface area contributed by atoms with Gasteiger partial charge < -0.3 is 14.6 Å². The highest BCUT2D eigenvalue weighted by Gasteiger charge is 2.08. The fraction of sp³-hybridized carbons (Fsp3) is 0.0909. The van der Waals surface area contributed by atoms with Crippen LogP contribution in [0.5, 0.6) is 11.6 Å². The van der Waals surface area contributed by atoms with Gasteiger partial charge in [0.2, 0.25) is 5.88 Å². The van der Waals surface area contributed by atoms with E-state index in [1.165, 1.54) is 13.2 Å². The van der Waals surface area contributed by atoms with E-state index in [0.29, 0.717) is 11.3 Å². The lowest BCUT2D eigenvalue weighted by molar-refractivity contribution is 0.142. The van der Waals surface area contributed by atoms with Gasteiger partial charge in [-0.3, -0.25) is 0 Å². The number of hydrogen-bond donors (Lipinski definition) is 1. The van der Waals surface area contributed by atoms with Crippen molar-refractivity contribution in [3.05, 3.63) is 30.3 Å². The Balaban J connectivity index is 2.58. The van der Waals surface area contributed by atoms with E-state index in [4.69, 9.17) is 9.84 Å². The van der Waals surface area contributed by atoms with E-state index in [1.807, 2.05) is 12.1 Å². The molecule has 5 heteroatoms. The molecule has 82 valence electrons. The molecule has 5 nitrogen and oxygen atoms in total. The van der Waals surface area contributed by atoms with Gasteiger partial charge in [0.05, 0.1) is 12.6 Å². The first-order chi connectivity index (χ1) is 7.70. The first-order valence-corrected chi connectivity index (χ1v) is 4.55. The van der Waals surface area contributed by atoms with E-state index in [2.05, 4.69) is 9.72 Å². The highest BCUT2D eigenvalue weighted by molar-refractivity contribution is 5.85. The first kappa shape index (κ1) is 10.2. The number of hydrogen-bond acceptors (Lipinski definition) is 4. The van der Waals surface area contributed by atoms with Crippen LogP contribution < -0.4 is 9.47 Å². The van der Waals surface area contributed by atoms with Gasteiger partial charge in [0.1, 0.15) is 5.75 Å². The maximum atomic E-state index is 10.4. The van der Waals surface area contributed by atoms with Crippen LogP contribution in [0.4, 0.5) is 4.79 Å². The summed E-state index contributed by atoms with van der Waals surface area (Å²) >= 11 is 0. The molecule has 1 aromatic carbocycles. The molecule has 1 N–H and O–H groups in total. The summed E-state index contributed by atoms with van der Waals surface area (Å²) in [7, 11) is 1.51. The monoisotopic (exact) mass is 219 g/mol. The van der Waals surface area contributed by atoms with Crippen molar-refractivity contribution in [2.45, 2.75) is 0 Å². The maximum Gasteiger partial charge on any atom is 0.512 e. The number of carbonyl (C=O) groups is 1. The van der Waals surface area contributed by atoms with Gasteiger partial charge in [-0.25, -0.2) is 9.78 Å². The van der Waals surface area contributed by atoms with Crippen LogP contribution in [0, 0.1) is 0 Å². The molecule has 0 aliphatic rings. The van der Waals surface area contributed by atoms with Crippen molar-refractivity contribution in [2.24, 2.45) is 0 Å². The third kappa shape index (κ3) is 1.88. The van der Waals surface area contributed by atoms with Gasteiger partial charge in [0.25, 0.3) is 0 Å². The second-order valence-corrected chi connectivity index (χ2v) is 3.05. The molecule has 1 heterocycles. The summed E-state index contributed by atoms with van der Waals surface area (Å²) < 4.78 is 9.63. The smallest absolute Gasteiger partial charge is 0.496 e. The van der Waals surface area contributed by atoms with Gasteiger partial charge >= 0.3 is 6.16 Å². The number of nitrogens with zero attached hydrogens (tertiary/aromatic N) is 1. The summed E-state index contributed by atoms with van der Waals surface area (Å²) in [5.74, 6) is 0.532. The Morgan fingerprint density at radius 2 is 2.12 bits per heavy atom. The van der Waals surface area contributed by atoms with Crippen LogP contribution in [0.15, 0.2) is 30.3 Å². The number of benzene rings is 1. The molecule has 0 atom stereocenters. The summed E-state index contributed by atoms with van der Waals surface area (Å²) in [5.41, 5.74) is 0.623. The van der Waals surface area contributed by atoms with E-state index >= 15 is 0 Å². The summed E-state index contributed by atoms with van der Waals surface area (Å²) in [5, 5.41) is 9.31. The van der Waals surface area contributed by atoms with Gasteiger partial charge in [-0.2, -0.15) is 0 Å². The number of pyridine rings is 1. The van der Waals surface area contributed by atoms with Gasteiger partial charge in [0.15, 0.2) is 0 Å². The Labute approximate surface area is 91.2 Å². The number of aromatic nitrogens is 1. The van der Waals surface area contributed by atoms with Crippen LogP contribution in [-0.2, 0) is 0 Å². The third-order valence-corrected chi connectivity index (χ3v) is 2.07. The van der Waals surface area contributed by atoms with Crippen LogP contribution in [0.3, 0.4) is 0 Å². The third-order valence-electron chi connectivity index (χ3n) is 2.07. The number of rotatable bonds is 2. The van der Waals surface area contributed by atoms with Crippen molar-refractivity contribution in [3.63, 3.8) is 0 Å². The van der Waals surface area contributed by atoms with Crippen molar-refractivity contribution in [3.8, 4) is 11.6 Å². The Hall–Kier alpha value is -2.30. The van der Waals surface area contributed by atoms with Crippen LogP contribution >= 0.6 is 0 Å². The molecule has 0 saturated carbocycles. The Morgan fingerprint density at radius 3 is 2.81 bits per heavy atom. The van der Waals surface area contributed by atoms with Crippen molar-refractivity contribution >= 4 is 17.1 Å². The summed E-state index contributed by atoms with van der Waals surface area (Å²) in [4.78, 5) is 14.4. The van der Waals surface area contributed by atoms with Crippen LogP contribution in [-0.4, -0.2) is 23.4 Å². The summed E-state index contributed by atoms with van der Waals surface area (Å²) in [6, 6.07) is 8.69. The van der Waals surface area contributed by atoms with Crippen molar-refractivity contribution in [1.82, 2.24) is 4.98 Å². The van der Waals surface area contributed by atoms with Crippen molar-refractivity contribution in [2.75, 3.05) is 7.11 Å². The summed E-state index contributed by atoms with van der Waals surface area (Å²) in [6.45, 7) is 0. The molecule has 0 fully saturated rings. The fourth-order valence-electron chi connectivity index (χ4n) is 1.43. The Kier molecular flexibility index (Phi) is 2.59. The molecular formula is C11H9NO4. The normalized spacial score (nSPS) is 10.1. The van der Waals surface area contributed by atoms with Gasteiger partial charge in [-0.15, -0.1) is 0 Å². The lowest BCUT2D eigenvalue weighted by Crippen LogP contribution is -2.04. The largest absolute Gasteiger partial charge is 0.512 e. The number of para-hydroxylation sites is 1. The van der Waals surface area contributed by atoms with Crippen LogP contribution in [0.25, 0.3) is 10.9 Å². The maximum absolute atomic E-state index is 10.4. The highest BCUT2D eigenvalue weighted by atomic mass is 16.7. The van der Waals surface area contributed by atoms with Crippen molar-refractivity contribution in [1.29, 1.82) is 0 Å². The molecule has 0 aliphatic heterocycles. The highest BCUT2D eigenvalue weighted by Crippen LogP contribution is 2.27. The zero-order valence-electron chi connectivity index (χ0n) is 8.51. The molecule has 2 rings (SSSR count). The van der Waals surface area contributed by atoms with E-state index in [0.717, 1.165) is 5.39 Å². The standard InChI is InChI=1S/C11H9NO4/c1-15-9-6-10(16-11(13)14)12-8-5-3-2-4-7(8)9/h2-6H,1H3,(H,13,14). The fourth-order valence-corrected chi connectivity index (χ4v) is 1.43. The lowest BCUT2D eigenvalue weighted by atomic mass is 10.2. The zero-order valence-corrected chi connectivity index (χ0v) is 8.51.